The molecule has 92 valence electrons. The van der Waals surface area contributed by atoms with Crippen molar-refractivity contribution < 1.29 is 9.90 Å². The van der Waals surface area contributed by atoms with Gasteiger partial charge in [-0.15, -0.1) is 0 Å². The van der Waals surface area contributed by atoms with E-state index >= 15 is 0 Å². The third-order valence-corrected chi connectivity index (χ3v) is 4.35. The van der Waals surface area contributed by atoms with Crippen LogP contribution < -0.4 is 0 Å². The van der Waals surface area contributed by atoms with Crippen molar-refractivity contribution in [1.29, 1.82) is 0 Å². The highest BCUT2D eigenvalue weighted by Crippen LogP contribution is 2.44. The number of carbonyl (C=O) groups is 1. The van der Waals surface area contributed by atoms with Gasteiger partial charge in [-0.1, -0.05) is 64.6 Å². The SMILES string of the molecule is C=C(Cc1c(Cl)c(Cl)c(Cl)c(Cl)c1Cl)C(=O)O. The molecule has 0 aliphatic heterocycles. The molecule has 0 spiro atoms. The van der Waals surface area contributed by atoms with Gasteiger partial charge < -0.3 is 5.11 Å². The minimum absolute atomic E-state index is 0.0352. The zero-order valence-electron chi connectivity index (χ0n) is 8.16. The summed E-state index contributed by atoms with van der Waals surface area (Å²) in [4.78, 5) is 10.7. The highest BCUT2D eigenvalue weighted by molar-refractivity contribution is 6.55. The van der Waals surface area contributed by atoms with Gasteiger partial charge in [-0.25, -0.2) is 4.79 Å². The molecule has 0 aliphatic carbocycles. The van der Waals surface area contributed by atoms with Gasteiger partial charge in [-0.3, -0.25) is 0 Å². The molecule has 17 heavy (non-hydrogen) atoms. The smallest absolute Gasteiger partial charge is 0.331 e. The Kier molecular flexibility index (Phi) is 4.99. The molecule has 1 rings (SSSR count). The normalized spacial score (nSPS) is 10.4. The summed E-state index contributed by atoms with van der Waals surface area (Å²) in [6.45, 7) is 3.38. The fraction of sp³-hybridized carbons (Fsp3) is 0.100. The average Bonchev–Trinajstić information content (AvgIpc) is 2.29. The number of hydrogen-bond acceptors (Lipinski definition) is 1. The molecule has 0 fully saturated rings. The maximum atomic E-state index is 10.7. The van der Waals surface area contributed by atoms with Crippen molar-refractivity contribution in [3.05, 3.63) is 42.8 Å². The number of aliphatic carboxylic acids is 1. The maximum absolute atomic E-state index is 10.7. The molecule has 7 heteroatoms. The van der Waals surface area contributed by atoms with Crippen molar-refractivity contribution in [2.45, 2.75) is 6.42 Å². The topological polar surface area (TPSA) is 37.3 Å². The second kappa shape index (κ2) is 5.68. The Balaban J connectivity index is 3.35. The molecule has 0 unspecified atom stereocenters. The minimum atomic E-state index is -1.15. The summed E-state index contributed by atoms with van der Waals surface area (Å²) in [7, 11) is 0. The Morgan fingerprint density at radius 1 is 0.941 bits per heavy atom. The fourth-order valence-corrected chi connectivity index (χ4v) is 2.41. The van der Waals surface area contributed by atoms with Crippen molar-refractivity contribution >= 4 is 64.0 Å². The van der Waals surface area contributed by atoms with Gasteiger partial charge in [0.1, 0.15) is 0 Å². The molecule has 0 bridgehead atoms. The number of halogens is 5. The number of benzene rings is 1. The van der Waals surface area contributed by atoms with Gasteiger partial charge in [0.2, 0.25) is 0 Å². The van der Waals surface area contributed by atoms with Crippen LogP contribution in [0.3, 0.4) is 0 Å². The lowest BCUT2D eigenvalue weighted by molar-refractivity contribution is -0.132. The van der Waals surface area contributed by atoms with Gasteiger partial charge in [0.05, 0.1) is 25.1 Å². The van der Waals surface area contributed by atoms with Crippen LogP contribution in [0.5, 0.6) is 0 Å². The first kappa shape index (κ1) is 14.9. The maximum Gasteiger partial charge on any atom is 0.331 e. The predicted octanol–water partition coefficient (Wildman–Crippen LogP) is 5.14. The van der Waals surface area contributed by atoms with E-state index in [2.05, 4.69) is 6.58 Å². The standard InChI is InChI=1S/C10H5Cl5O2/c1-3(10(16)17)2-4-5(11)7(13)9(15)8(14)6(4)12/h1-2H2,(H,16,17). The van der Waals surface area contributed by atoms with Crippen molar-refractivity contribution in [3.63, 3.8) is 0 Å². The molecule has 0 aromatic heterocycles. The summed E-state index contributed by atoms with van der Waals surface area (Å²) in [5.74, 6) is -1.15. The van der Waals surface area contributed by atoms with Gasteiger partial charge in [-0.05, 0) is 5.56 Å². The molecule has 1 aromatic carbocycles. The highest BCUT2D eigenvalue weighted by atomic mass is 35.5. The van der Waals surface area contributed by atoms with E-state index in [4.69, 9.17) is 63.1 Å². The van der Waals surface area contributed by atoms with E-state index in [0.29, 0.717) is 5.56 Å². The van der Waals surface area contributed by atoms with Crippen LogP contribution in [0.25, 0.3) is 0 Å². The van der Waals surface area contributed by atoms with E-state index in [-0.39, 0.29) is 37.1 Å². The Hall–Kier alpha value is -0.120. The lowest BCUT2D eigenvalue weighted by Crippen LogP contribution is -2.03. The molecule has 0 radical (unpaired) electrons. The number of hydrogen-bond donors (Lipinski definition) is 1. The molecule has 1 aromatic rings. The predicted molar refractivity (Wildman–Crippen MR) is 72.0 cm³/mol. The Morgan fingerprint density at radius 2 is 1.29 bits per heavy atom. The first-order valence-electron chi connectivity index (χ1n) is 4.18. The van der Waals surface area contributed by atoms with E-state index in [0.717, 1.165) is 0 Å². The van der Waals surface area contributed by atoms with Gasteiger partial charge in [-0.2, -0.15) is 0 Å². The average molecular weight is 334 g/mol. The van der Waals surface area contributed by atoms with E-state index in [1.165, 1.54) is 0 Å². The van der Waals surface area contributed by atoms with Gasteiger partial charge in [0, 0.05) is 12.0 Å². The summed E-state index contributed by atoms with van der Waals surface area (Å²) in [5, 5.41) is 9.01. The molecular formula is C10H5Cl5O2. The third kappa shape index (κ3) is 3.01. The Labute approximate surface area is 123 Å². The summed E-state index contributed by atoms with van der Waals surface area (Å²) >= 11 is 29.3. The Bertz CT molecular complexity index is 481. The molecule has 0 amide bonds. The summed E-state index contributed by atoms with van der Waals surface area (Å²) in [6, 6.07) is 0. The first-order valence-corrected chi connectivity index (χ1v) is 6.07. The lowest BCUT2D eigenvalue weighted by Gasteiger charge is -2.12. The van der Waals surface area contributed by atoms with Crippen LogP contribution in [0.15, 0.2) is 12.2 Å². The van der Waals surface area contributed by atoms with Crippen LogP contribution in [0.4, 0.5) is 0 Å². The molecule has 0 saturated heterocycles. The van der Waals surface area contributed by atoms with Crippen LogP contribution in [0.2, 0.25) is 25.1 Å². The van der Waals surface area contributed by atoms with E-state index in [9.17, 15) is 4.79 Å². The van der Waals surface area contributed by atoms with Crippen molar-refractivity contribution in [3.8, 4) is 0 Å². The van der Waals surface area contributed by atoms with Crippen molar-refractivity contribution in [1.82, 2.24) is 0 Å². The second-order valence-electron chi connectivity index (χ2n) is 3.13. The lowest BCUT2D eigenvalue weighted by atomic mass is 10.1. The first-order chi connectivity index (χ1) is 7.77. The summed E-state index contributed by atoms with van der Waals surface area (Å²) in [6.07, 6.45) is -0.0659. The molecular weight excluding hydrogens is 329 g/mol. The monoisotopic (exact) mass is 332 g/mol. The van der Waals surface area contributed by atoms with Gasteiger partial charge in [0.15, 0.2) is 0 Å². The number of carboxylic acid groups (broad SMARTS) is 1. The molecule has 2 nitrogen and oxygen atoms in total. The van der Waals surface area contributed by atoms with E-state index in [1.54, 1.807) is 0 Å². The quantitative estimate of drug-likeness (QED) is 0.472. The van der Waals surface area contributed by atoms with Gasteiger partial charge in [0.25, 0.3) is 0 Å². The summed E-state index contributed by atoms with van der Waals surface area (Å²) < 4.78 is 0. The van der Waals surface area contributed by atoms with Crippen LogP contribution >= 0.6 is 58.0 Å². The second-order valence-corrected chi connectivity index (χ2v) is 5.02. The van der Waals surface area contributed by atoms with E-state index in [1.807, 2.05) is 0 Å². The van der Waals surface area contributed by atoms with Crippen molar-refractivity contribution in [2.75, 3.05) is 0 Å². The highest BCUT2D eigenvalue weighted by Gasteiger charge is 2.20. The molecule has 0 saturated carbocycles. The third-order valence-electron chi connectivity index (χ3n) is 1.99. The van der Waals surface area contributed by atoms with E-state index < -0.39 is 5.97 Å². The van der Waals surface area contributed by atoms with Crippen molar-refractivity contribution in [2.24, 2.45) is 0 Å². The largest absolute Gasteiger partial charge is 0.478 e. The molecule has 0 heterocycles. The van der Waals surface area contributed by atoms with Crippen LogP contribution in [-0.2, 0) is 11.2 Å². The number of rotatable bonds is 3. The van der Waals surface area contributed by atoms with Crippen LogP contribution in [-0.4, -0.2) is 11.1 Å². The number of carboxylic acids is 1. The van der Waals surface area contributed by atoms with Crippen LogP contribution in [0, 0.1) is 0 Å². The zero-order chi connectivity index (χ0) is 13.3. The molecule has 0 atom stereocenters. The molecule has 1 N–H and O–H groups in total. The fourth-order valence-electron chi connectivity index (χ4n) is 1.09. The minimum Gasteiger partial charge on any atom is -0.478 e. The zero-order valence-corrected chi connectivity index (χ0v) is 11.9. The van der Waals surface area contributed by atoms with Crippen LogP contribution in [0.1, 0.15) is 5.56 Å². The molecule has 0 aliphatic rings. The van der Waals surface area contributed by atoms with Gasteiger partial charge >= 0.3 is 5.97 Å². The summed E-state index contributed by atoms with van der Waals surface area (Å²) in [5.41, 5.74) is 0.211. The Morgan fingerprint density at radius 3 is 1.65 bits per heavy atom.